The number of hydrogen-bond acceptors (Lipinski definition) is 6. The molecule has 0 aromatic heterocycles. The smallest absolute Gasteiger partial charge is 0.321 e. The zero-order valence-electron chi connectivity index (χ0n) is 15.5. The first-order valence-electron chi connectivity index (χ1n) is 8.69. The van der Waals surface area contributed by atoms with Gasteiger partial charge in [0.25, 0.3) is 0 Å². The van der Waals surface area contributed by atoms with Gasteiger partial charge in [-0.2, -0.15) is 0 Å². The van der Waals surface area contributed by atoms with Gasteiger partial charge in [-0.1, -0.05) is 48.5 Å². The maximum atomic E-state index is 12.8. The van der Waals surface area contributed by atoms with Gasteiger partial charge in [0.15, 0.2) is 5.78 Å². The number of aryl methyl sites for hydroxylation is 2. The number of hydrogen-bond donors (Lipinski definition) is 1. The average molecular weight is 385 g/mol. The minimum atomic E-state index is -0.479. The summed E-state index contributed by atoms with van der Waals surface area (Å²) < 4.78 is 7.87. The van der Waals surface area contributed by atoms with Crippen LogP contribution in [0.4, 0.5) is 0 Å². The summed E-state index contributed by atoms with van der Waals surface area (Å²) in [4.78, 5) is 35.4. The first kappa shape index (κ1) is 20.9. The van der Waals surface area contributed by atoms with Crippen LogP contribution in [0.25, 0.3) is 0 Å². The van der Waals surface area contributed by atoms with Crippen LogP contribution < -0.4 is 4.72 Å². The summed E-state index contributed by atoms with van der Waals surface area (Å²) in [6, 6.07) is 15.4. The number of carbonyl (C=O) groups excluding carboxylic acids is 3. The minimum Gasteiger partial charge on any atom is -0.460 e. The van der Waals surface area contributed by atoms with Gasteiger partial charge >= 0.3 is 5.97 Å². The topological polar surface area (TPSA) is 72.5 Å². The fraction of sp³-hybridized carbons (Fsp3) is 0.286. The zero-order chi connectivity index (χ0) is 19.6. The van der Waals surface area contributed by atoms with E-state index in [2.05, 4.69) is 4.72 Å². The SMILES string of the molecule is CC(=O)SNCC(=O)OCc1cccc(C)c1C(=O)CCc1ccccc1. The molecule has 0 aliphatic heterocycles. The normalized spacial score (nSPS) is 10.4. The molecule has 1 N–H and O–H groups in total. The number of rotatable bonds is 9. The molecule has 2 aromatic rings. The second-order valence-electron chi connectivity index (χ2n) is 6.09. The second-order valence-corrected chi connectivity index (χ2v) is 7.16. The molecule has 0 atom stereocenters. The lowest BCUT2D eigenvalue weighted by molar-refractivity contribution is -0.143. The van der Waals surface area contributed by atoms with Crippen LogP contribution in [-0.4, -0.2) is 23.4 Å². The highest BCUT2D eigenvalue weighted by Gasteiger charge is 2.15. The third-order valence-corrected chi connectivity index (χ3v) is 4.52. The van der Waals surface area contributed by atoms with Crippen molar-refractivity contribution in [1.29, 1.82) is 0 Å². The van der Waals surface area contributed by atoms with Gasteiger partial charge in [-0.05, 0) is 36.4 Å². The van der Waals surface area contributed by atoms with E-state index in [4.69, 9.17) is 4.74 Å². The summed E-state index contributed by atoms with van der Waals surface area (Å²) in [5.74, 6) is -0.443. The van der Waals surface area contributed by atoms with Crippen LogP contribution >= 0.6 is 11.9 Å². The van der Waals surface area contributed by atoms with Crippen LogP contribution in [0.5, 0.6) is 0 Å². The van der Waals surface area contributed by atoms with Crippen molar-refractivity contribution in [1.82, 2.24) is 4.72 Å². The summed E-state index contributed by atoms with van der Waals surface area (Å²) in [5.41, 5.74) is 3.29. The second kappa shape index (κ2) is 10.6. The molecule has 0 amide bonds. The standard InChI is InChI=1S/C21H23NO4S/c1-15-7-6-10-18(14-26-20(25)13-22-27-16(2)23)21(15)19(24)12-11-17-8-4-3-5-9-17/h3-10,22H,11-14H2,1-2H3. The number of esters is 1. The lowest BCUT2D eigenvalue weighted by Crippen LogP contribution is -2.21. The van der Waals surface area contributed by atoms with Crippen LogP contribution in [0.1, 0.15) is 40.4 Å². The Kier molecular flexibility index (Phi) is 8.23. The molecule has 0 bridgehead atoms. The van der Waals surface area contributed by atoms with Gasteiger partial charge in [0, 0.05) is 24.5 Å². The van der Waals surface area contributed by atoms with Crippen LogP contribution in [-0.2, 0) is 27.4 Å². The molecule has 0 aliphatic carbocycles. The summed E-state index contributed by atoms with van der Waals surface area (Å²) in [6.07, 6.45) is 1.06. The van der Waals surface area contributed by atoms with Crippen molar-refractivity contribution < 1.29 is 19.1 Å². The third-order valence-electron chi connectivity index (χ3n) is 3.94. The Morgan fingerprint density at radius 3 is 2.48 bits per heavy atom. The van der Waals surface area contributed by atoms with E-state index in [1.807, 2.05) is 49.4 Å². The largest absolute Gasteiger partial charge is 0.460 e. The van der Waals surface area contributed by atoms with E-state index in [9.17, 15) is 14.4 Å². The molecular formula is C21H23NO4S. The molecule has 0 heterocycles. The first-order chi connectivity index (χ1) is 13.0. The molecule has 0 unspecified atom stereocenters. The van der Waals surface area contributed by atoms with Crippen molar-refractivity contribution in [2.75, 3.05) is 6.54 Å². The van der Waals surface area contributed by atoms with Crippen molar-refractivity contribution in [2.24, 2.45) is 0 Å². The number of ether oxygens (including phenoxy) is 1. The van der Waals surface area contributed by atoms with Crippen molar-refractivity contribution in [3.8, 4) is 0 Å². The highest BCUT2D eigenvalue weighted by atomic mass is 32.2. The van der Waals surface area contributed by atoms with Gasteiger partial charge in [-0.3, -0.25) is 14.4 Å². The summed E-state index contributed by atoms with van der Waals surface area (Å²) >= 11 is 0.852. The van der Waals surface area contributed by atoms with E-state index in [-0.39, 0.29) is 24.1 Å². The highest BCUT2D eigenvalue weighted by Crippen LogP contribution is 2.19. The zero-order valence-corrected chi connectivity index (χ0v) is 16.3. The highest BCUT2D eigenvalue weighted by molar-refractivity contribution is 8.11. The molecule has 27 heavy (non-hydrogen) atoms. The summed E-state index contributed by atoms with van der Waals surface area (Å²) in [7, 11) is 0. The Labute approximate surface area is 163 Å². The van der Waals surface area contributed by atoms with Crippen LogP contribution in [0.2, 0.25) is 0 Å². The van der Waals surface area contributed by atoms with Gasteiger partial charge in [-0.15, -0.1) is 0 Å². The summed E-state index contributed by atoms with van der Waals surface area (Å²) in [5, 5.41) is -0.132. The number of Topliss-reactive ketones (excluding diaryl/α,β-unsaturated/α-hetero) is 1. The van der Waals surface area contributed by atoms with Crippen LogP contribution in [0, 0.1) is 6.92 Å². The van der Waals surface area contributed by atoms with E-state index in [0.29, 0.717) is 24.0 Å². The number of nitrogens with one attached hydrogen (secondary N) is 1. The third kappa shape index (κ3) is 7.00. The predicted molar refractivity (Wildman–Crippen MR) is 106 cm³/mol. The lowest BCUT2D eigenvalue weighted by atomic mass is 9.95. The van der Waals surface area contributed by atoms with E-state index >= 15 is 0 Å². The van der Waals surface area contributed by atoms with E-state index in [1.165, 1.54) is 6.92 Å². The van der Waals surface area contributed by atoms with Crippen molar-refractivity contribution in [3.05, 3.63) is 70.8 Å². The van der Waals surface area contributed by atoms with Crippen molar-refractivity contribution in [3.63, 3.8) is 0 Å². The quantitative estimate of drug-likeness (QED) is 0.404. The maximum Gasteiger partial charge on any atom is 0.321 e. The molecule has 0 aliphatic rings. The van der Waals surface area contributed by atoms with Gasteiger partial charge in [0.2, 0.25) is 5.12 Å². The predicted octanol–water partition coefficient (Wildman–Crippen LogP) is 3.64. The number of carbonyl (C=O) groups is 3. The average Bonchev–Trinajstić information content (AvgIpc) is 2.65. The van der Waals surface area contributed by atoms with Crippen LogP contribution in [0.15, 0.2) is 48.5 Å². The Hall–Kier alpha value is -2.44. The van der Waals surface area contributed by atoms with Gasteiger partial charge in [0.1, 0.15) is 13.2 Å². The molecule has 2 aromatic carbocycles. The molecule has 0 saturated heterocycles. The van der Waals surface area contributed by atoms with E-state index < -0.39 is 5.97 Å². The summed E-state index contributed by atoms with van der Waals surface area (Å²) in [6.45, 7) is 3.24. The Morgan fingerprint density at radius 1 is 1.04 bits per heavy atom. The van der Waals surface area contributed by atoms with Crippen molar-refractivity contribution in [2.45, 2.75) is 33.3 Å². The monoisotopic (exact) mass is 385 g/mol. The molecule has 142 valence electrons. The molecule has 5 nitrogen and oxygen atoms in total. The fourth-order valence-corrected chi connectivity index (χ4v) is 3.07. The minimum absolute atomic E-state index is 0.0271. The Morgan fingerprint density at radius 2 is 1.78 bits per heavy atom. The van der Waals surface area contributed by atoms with Gasteiger partial charge in [0.05, 0.1) is 0 Å². The Balaban J connectivity index is 1.97. The molecular weight excluding hydrogens is 362 g/mol. The fourth-order valence-electron chi connectivity index (χ4n) is 2.68. The Bertz CT molecular complexity index is 805. The molecule has 6 heteroatoms. The van der Waals surface area contributed by atoms with Gasteiger partial charge in [-0.25, -0.2) is 4.72 Å². The molecule has 0 saturated carbocycles. The van der Waals surface area contributed by atoms with Gasteiger partial charge < -0.3 is 4.74 Å². The van der Waals surface area contributed by atoms with Crippen LogP contribution in [0.3, 0.4) is 0 Å². The number of benzene rings is 2. The first-order valence-corrected chi connectivity index (χ1v) is 9.50. The molecule has 2 rings (SSSR count). The maximum absolute atomic E-state index is 12.8. The van der Waals surface area contributed by atoms with Crippen molar-refractivity contribution >= 4 is 28.8 Å². The molecule has 0 spiro atoms. The number of ketones is 1. The lowest BCUT2D eigenvalue weighted by Gasteiger charge is -2.12. The molecule has 0 radical (unpaired) electrons. The van der Waals surface area contributed by atoms with E-state index in [1.54, 1.807) is 6.07 Å². The van der Waals surface area contributed by atoms with E-state index in [0.717, 1.165) is 23.1 Å². The molecule has 0 fully saturated rings.